The molecule has 3 aromatic rings. The van der Waals surface area contributed by atoms with E-state index in [1.54, 1.807) is 12.1 Å². The summed E-state index contributed by atoms with van der Waals surface area (Å²) in [6, 6.07) is 22.9. The first-order valence-electron chi connectivity index (χ1n) is 6.99. The first-order valence-corrected chi connectivity index (χ1v) is 6.99. The van der Waals surface area contributed by atoms with Crippen LogP contribution in [-0.2, 0) is 0 Å². The molecule has 2 heteroatoms. The Labute approximate surface area is 123 Å². The number of carbonyl (C=O) groups excluding carboxylic acids is 1. The maximum Gasteiger partial charge on any atom is 0.165 e. The molecule has 0 saturated heterocycles. The van der Waals surface area contributed by atoms with Gasteiger partial charge in [0.05, 0.1) is 6.10 Å². The van der Waals surface area contributed by atoms with Gasteiger partial charge in [0, 0.05) is 12.0 Å². The zero-order valence-corrected chi connectivity index (χ0v) is 11.6. The van der Waals surface area contributed by atoms with Gasteiger partial charge in [-0.3, -0.25) is 4.79 Å². The van der Waals surface area contributed by atoms with E-state index in [9.17, 15) is 9.90 Å². The van der Waals surface area contributed by atoms with Gasteiger partial charge in [0.2, 0.25) is 0 Å². The second-order valence-corrected chi connectivity index (χ2v) is 5.12. The van der Waals surface area contributed by atoms with E-state index in [4.69, 9.17) is 0 Å². The van der Waals surface area contributed by atoms with Crippen LogP contribution < -0.4 is 0 Å². The van der Waals surface area contributed by atoms with Crippen LogP contribution in [0.3, 0.4) is 0 Å². The molecular weight excluding hydrogens is 260 g/mol. The van der Waals surface area contributed by atoms with E-state index in [1.807, 2.05) is 60.7 Å². The SMILES string of the molecule is O=C(C[C@@H](O)c1ccc2ccccc2c1)c1ccccc1. The zero-order chi connectivity index (χ0) is 14.7. The molecule has 0 heterocycles. The summed E-state index contributed by atoms with van der Waals surface area (Å²) >= 11 is 0. The molecule has 1 atom stereocenters. The molecule has 0 aliphatic heterocycles. The first kappa shape index (κ1) is 13.5. The number of rotatable bonds is 4. The van der Waals surface area contributed by atoms with Gasteiger partial charge in [-0.2, -0.15) is 0 Å². The molecule has 3 rings (SSSR count). The number of aliphatic hydroxyl groups excluding tert-OH is 1. The van der Waals surface area contributed by atoms with E-state index in [0.29, 0.717) is 5.56 Å². The van der Waals surface area contributed by atoms with Gasteiger partial charge in [0.15, 0.2) is 5.78 Å². The number of ketones is 1. The molecule has 3 aromatic carbocycles. The second kappa shape index (κ2) is 5.90. The molecule has 1 N–H and O–H groups in total. The maximum absolute atomic E-state index is 12.1. The van der Waals surface area contributed by atoms with Crippen LogP contribution in [0.4, 0.5) is 0 Å². The number of benzene rings is 3. The Balaban J connectivity index is 1.80. The van der Waals surface area contributed by atoms with Crippen LogP contribution >= 0.6 is 0 Å². The van der Waals surface area contributed by atoms with Crippen LogP contribution in [0.5, 0.6) is 0 Å². The summed E-state index contributed by atoms with van der Waals surface area (Å²) in [5, 5.41) is 12.5. The van der Waals surface area contributed by atoms with Crippen molar-refractivity contribution in [2.24, 2.45) is 0 Å². The van der Waals surface area contributed by atoms with Crippen LogP contribution in [0.15, 0.2) is 72.8 Å². The zero-order valence-electron chi connectivity index (χ0n) is 11.6. The third kappa shape index (κ3) is 3.01. The van der Waals surface area contributed by atoms with Crippen molar-refractivity contribution in [1.29, 1.82) is 0 Å². The molecule has 0 radical (unpaired) electrons. The summed E-state index contributed by atoms with van der Waals surface area (Å²) in [5.74, 6) is -0.0451. The third-order valence-corrected chi connectivity index (χ3v) is 3.63. The number of hydrogen-bond donors (Lipinski definition) is 1. The standard InChI is InChI=1S/C19H16O2/c20-18(15-7-2-1-3-8-15)13-19(21)17-11-10-14-6-4-5-9-16(14)12-17/h1-12,19,21H,13H2/t19-/m1/s1. The molecule has 0 aliphatic carbocycles. The monoisotopic (exact) mass is 276 g/mol. The topological polar surface area (TPSA) is 37.3 Å². The average molecular weight is 276 g/mol. The Bertz CT molecular complexity index is 763. The minimum atomic E-state index is -0.776. The van der Waals surface area contributed by atoms with Crippen molar-refractivity contribution >= 4 is 16.6 Å². The van der Waals surface area contributed by atoms with Crippen molar-refractivity contribution in [2.75, 3.05) is 0 Å². The Hall–Kier alpha value is -2.45. The Morgan fingerprint density at radius 1 is 0.857 bits per heavy atom. The highest BCUT2D eigenvalue weighted by Crippen LogP contribution is 2.23. The number of fused-ring (bicyclic) bond motifs is 1. The normalized spacial score (nSPS) is 12.2. The van der Waals surface area contributed by atoms with Gasteiger partial charge in [-0.15, -0.1) is 0 Å². The second-order valence-electron chi connectivity index (χ2n) is 5.12. The van der Waals surface area contributed by atoms with Gasteiger partial charge in [0.1, 0.15) is 0 Å². The van der Waals surface area contributed by atoms with E-state index in [-0.39, 0.29) is 12.2 Å². The highest BCUT2D eigenvalue weighted by atomic mass is 16.3. The molecule has 0 unspecified atom stereocenters. The lowest BCUT2D eigenvalue weighted by atomic mass is 9.98. The van der Waals surface area contributed by atoms with E-state index in [2.05, 4.69) is 0 Å². The summed E-state index contributed by atoms with van der Waals surface area (Å²) < 4.78 is 0. The van der Waals surface area contributed by atoms with Crippen LogP contribution in [0, 0.1) is 0 Å². The quantitative estimate of drug-likeness (QED) is 0.727. The van der Waals surface area contributed by atoms with Crippen LogP contribution in [0.25, 0.3) is 10.8 Å². The van der Waals surface area contributed by atoms with Gasteiger partial charge >= 0.3 is 0 Å². The summed E-state index contributed by atoms with van der Waals surface area (Å²) in [5.41, 5.74) is 1.41. The number of aliphatic hydroxyl groups is 1. The van der Waals surface area contributed by atoms with E-state index < -0.39 is 6.10 Å². The first-order chi connectivity index (χ1) is 10.2. The summed E-state index contributed by atoms with van der Waals surface area (Å²) in [6.07, 6.45) is -0.676. The van der Waals surface area contributed by atoms with E-state index in [0.717, 1.165) is 16.3 Å². The lowest BCUT2D eigenvalue weighted by Crippen LogP contribution is -2.07. The minimum absolute atomic E-state index is 0.0451. The molecule has 0 bridgehead atoms. The molecule has 0 spiro atoms. The van der Waals surface area contributed by atoms with E-state index >= 15 is 0 Å². The van der Waals surface area contributed by atoms with Gasteiger partial charge in [-0.05, 0) is 22.4 Å². The van der Waals surface area contributed by atoms with Gasteiger partial charge < -0.3 is 5.11 Å². The number of Topliss-reactive ketones (excluding diaryl/α,β-unsaturated/α-hetero) is 1. The van der Waals surface area contributed by atoms with Crippen molar-refractivity contribution in [3.05, 3.63) is 83.9 Å². The van der Waals surface area contributed by atoms with E-state index in [1.165, 1.54) is 0 Å². The fourth-order valence-corrected chi connectivity index (χ4v) is 2.45. The van der Waals surface area contributed by atoms with Gasteiger partial charge in [0.25, 0.3) is 0 Å². The molecule has 0 aromatic heterocycles. The largest absolute Gasteiger partial charge is 0.388 e. The fourth-order valence-electron chi connectivity index (χ4n) is 2.45. The number of carbonyl (C=O) groups is 1. The van der Waals surface area contributed by atoms with Crippen LogP contribution in [0.1, 0.15) is 28.4 Å². The molecule has 0 amide bonds. The third-order valence-electron chi connectivity index (χ3n) is 3.63. The number of hydrogen-bond acceptors (Lipinski definition) is 2. The fraction of sp³-hybridized carbons (Fsp3) is 0.105. The Morgan fingerprint density at radius 2 is 1.52 bits per heavy atom. The molecule has 0 fully saturated rings. The Kier molecular flexibility index (Phi) is 3.80. The highest BCUT2D eigenvalue weighted by Gasteiger charge is 2.14. The molecule has 0 saturated carbocycles. The predicted molar refractivity (Wildman–Crippen MR) is 84.3 cm³/mol. The molecule has 104 valence electrons. The maximum atomic E-state index is 12.1. The van der Waals surface area contributed by atoms with Crippen molar-refractivity contribution in [1.82, 2.24) is 0 Å². The van der Waals surface area contributed by atoms with Crippen molar-refractivity contribution in [3.63, 3.8) is 0 Å². The average Bonchev–Trinajstić information content (AvgIpc) is 2.55. The lowest BCUT2D eigenvalue weighted by Gasteiger charge is -2.11. The lowest BCUT2D eigenvalue weighted by molar-refractivity contribution is 0.0880. The van der Waals surface area contributed by atoms with Crippen molar-refractivity contribution < 1.29 is 9.90 Å². The molecule has 2 nitrogen and oxygen atoms in total. The van der Waals surface area contributed by atoms with Crippen molar-refractivity contribution in [2.45, 2.75) is 12.5 Å². The molecular formula is C19H16O2. The summed E-state index contributed by atoms with van der Waals surface area (Å²) in [6.45, 7) is 0. The molecule has 21 heavy (non-hydrogen) atoms. The minimum Gasteiger partial charge on any atom is -0.388 e. The summed E-state index contributed by atoms with van der Waals surface area (Å²) in [7, 11) is 0. The highest BCUT2D eigenvalue weighted by molar-refractivity contribution is 5.96. The smallest absolute Gasteiger partial charge is 0.165 e. The Morgan fingerprint density at radius 3 is 2.29 bits per heavy atom. The molecule has 0 aliphatic rings. The van der Waals surface area contributed by atoms with Crippen LogP contribution in [-0.4, -0.2) is 10.9 Å². The van der Waals surface area contributed by atoms with Crippen LogP contribution in [0.2, 0.25) is 0 Å². The predicted octanol–water partition coefficient (Wildman–Crippen LogP) is 4.15. The summed E-state index contributed by atoms with van der Waals surface area (Å²) in [4.78, 5) is 12.1. The van der Waals surface area contributed by atoms with Crippen molar-refractivity contribution in [3.8, 4) is 0 Å². The van der Waals surface area contributed by atoms with Gasteiger partial charge in [-0.1, -0.05) is 66.7 Å². The van der Waals surface area contributed by atoms with Gasteiger partial charge in [-0.25, -0.2) is 0 Å².